The number of H-pyrrole nitrogens is 1. The molecule has 0 bridgehead atoms. The summed E-state index contributed by atoms with van der Waals surface area (Å²) < 4.78 is 0. The van der Waals surface area contributed by atoms with E-state index >= 15 is 0 Å². The van der Waals surface area contributed by atoms with Crippen molar-refractivity contribution < 1.29 is 9.59 Å². The van der Waals surface area contributed by atoms with E-state index in [-0.39, 0.29) is 24.5 Å². The standard InChI is InChI=1S/C25H22ClN3O2/c1-15-13-21-22(14-16(15)2)29-25(28-21)18-5-9-20(10-6-18)27-24(31)12-11-23(30)17-3-7-19(26)8-4-17/h3-10,13-14H,11-12H2,1-2H3,(H,27,31)(H,28,29). The maximum Gasteiger partial charge on any atom is 0.224 e. The zero-order valence-corrected chi connectivity index (χ0v) is 18.1. The van der Waals surface area contributed by atoms with Gasteiger partial charge in [0, 0.05) is 34.7 Å². The number of anilines is 1. The van der Waals surface area contributed by atoms with Crippen LogP contribution in [0.15, 0.2) is 60.7 Å². The van der Waals surface area contributed by atoms with Crippen molar-refractivity contribution in [3.63, 3.8) is 0 Å². The van der Waals surface area contributed by atoms with E-state index in [0.29, 0.717) is 16.3 Å². The van der Waals surface area contributed by atoms with Crippen LogP contribution in [0.1, 0.15) is 34.3 Å². The summed E-state index contributed by atoms with van der Waals surface area (Å²) in [6.45, 7) is 4.15. The summed E-state index contributed by atoms with van der Waals surface area (Å²) >= 11 is 5.84. The first-order valence-electron chi connectivity index (χ1n) is 10.0. The molecule has 0 saturated heterocycles. The number of halogens is 1. The highest BCUT2D eigenvalue weighted by atomic mass is 35.5. The van der Waals surface area contributed by atoms with E-state index in [2.05, 4.69) is 41.3 Å². The van der Waals surface area contributed by atoms with Crippen molar-refractivity contribution in [1.29, 1.82) is 0 Å². The molecule has 1 aromatic heterocycles. The SMILES string of the molecule is Cc1cc2nc(-c3ccc(NC(=O)CCC(=O)c4ccc(Cl)cc4)cc3)[nH]c2cc1C. The summed E-state index contributed by atoms with van der Waals surface area (Å²) in [6, 6.07) is 18.3. The number of hydrogen-bond donors (Lipinski definition) is 2. The number of rotatable bonds is 6. The Morgan fingerprint density at radius 2 is 1.61 bits per heavy atom. The van der Waals surface area contributed by atoms with Gasteiger partial charge in [-0.1, -0.05) is 11.6 Å². The monoisotopic (exact) mass is 431 g/mol. The summed E-state index contributed by atoms with van der Waals surface area (Å²) in [5, 5.41) is 3.41. The number of carbonyl (C=O) groups is 2. The lowest BCUT2D eigenvalue weighted by Crippen LogP contribution is -2.13. The summed E-state index contributed by atoms with van der Waals surface area (Å²) in [5.41, 5.74) is 6.52. The second-order valence-corrected chi connectivity index (χ2v) is 8.03. The average Bonchev–Trinajstić information content (AvgIpc) is 3.16. The number of fused-ring (bicyclic) bond motifs is 1. The molecule has 0 aliphatic heterocycles. The number of carbonyl (C=O) groups excluding carboxylic acids is 2. The zero-order valence-electron chi connectivity index (χ0n) is 17.3. The predicted octanol–water partition coefficient (Wildman–Crippen LogP) is 6.10. The molecule has 31 heavy (non-hydrogen) atoms. The summed E-state index contributed by atoms with van der Waals surface area (Å²) in [4.78, 5) is 32.4. The van der Waals surface area contributed by atoms with Gasteiger partial charge in [-0.05, 0) is 85.6 Å². The lowest BCUT2D eigenvalue weighted by molar-refractivity contribution is -0.116. The van der Waals surface area contributed by atoms with Crippen LogP contribution in [0.4, 0.5) is 5.69 Å². The van der Waals surface area contributed by atoms with Gasteiger partial charge in [0.15, 0.2) is 5.78 Å². The Morgan fingerprint density at radius 1 is 0.935 bits per heavy atom. The lowest BCUT2D eigenvalue weighted by Gasteiger charge is -2.06. The number of ketones is 1. The molecule has 156 valence electrons. The topological polar surface area (TPSA) is 74.8 Å². The first-order chi connectivity index (χ1) is 14.9. The van der Waals surface area contributed by atoms with Crippen LogP contribution < -0.4 is 5.32 Å². The van der Waals surface area contributed by atoms with Crippen molar-refractivity contribution in [1.82, 2.24) is 9.97 Å². The van der Waals surface area contributed by atoms with Crippen molar-refractivity contribution in [2.45, 2.75) is 26.7 Å². The molecule has 2 N–H and O–H groups in total. The van der Waals surface area contributed by atoms with Gasteiger partial charge < -0.3 is 10.3 Å². The minimum Gasteiger partial charge on any atom is -0.338 e. The minimum atomic E-state index is -0.204. The van der Waals surface area contributed by atoms with Crippen molar-refractivity contribution in [3.8, 4) is 11.4 Å². The van der Waals surface area contributed by atoms with Gasteiger partial charge in [0.1, 0.15) is 5.82 Å². The number of nitrogens with one attached hydrogen (secondary N) is 2. The van der Waals surface area contributed by atoms with Gasteiger partial charge >= 0.3 is 0 Å². The van der Waals surface area contributed by atoms with Crippen LogP contribution in [-0.4, -0.2) is 21.7 Å². The van der Waals surface area contributed by atoms with E-state index in [1.54, 1.807) is 24.3 Å². The number of aromatic nitrogens is 2. The molecule has 0 aliphatic rings. The number of imidazole rings is 1. The summed E-state index contributed by atoms with van der Waals surface area (Å²) in [6.07, 6.45) is 0.259. The predicted molar refractivity (Wildman–Crippen MR) is 125 cm³/mol. The maximum atomic E-state index is 12.2. The summed E-state index contributed by atoms with van der Waals surface area (Å²) in [5.74, 6) is 0.494. The first kappa shape index (κ1) is 20.8. The van der Waals surface area contributed by atoms with Crippen LogP contribution in [-0.2, 0) is 4.79 Å². The third-order valence-corrected chi connectivity index (χ3v) is 5.54. The van der Waals surface area contributed by atoms with Gasteiger partial charge in [-0.25, -0.2) is 4.98 Å². The highest BCUT2D eigenvalue weighted by molar-refractivity contribution is 6.30. The maximum absolute atomic E-state index is 12.2. The van der Waals surface area contributed by atoms with E-state index in [1.807, 2.05) is 24.3 Å². The fourth-order valence-corrected chi connectivity index (χ4v) is 3.47. The van der Waals surface area contributed by atoms with Crippen molar-refractivity contribution in [2.24, 2.45) is 0 Å². The van der Waals surface area contributed by atoms with Crippen molar-refractivity contribution in [2.75, 3.05) is 5.32 Å². The molecule has 3 aromatic carbocycles. The quantitative estimate of drug-likeness (QED) is 0.362. The molecular formula is C25H22ClN3O2. The molecule has 6 heteroatoms. The second kappa shape index (κ2) is 8.74. The van der Waals surface area contributed by atoms with E-state index in [9.17, 15) is 9.59 Å². The van der Waals surface area contributed by atoms with Crippen LogP contribution in [0.2, 0.25) is 5.02 Å². The fraction of sp³-hybridized carbons (Fsp3) is 0.160. The van der Waals surface area contributed by atoms with Crippen LogP contribution in [0, 0.1) is 13.8 Å². The molecule has 0 atom stereocenters. The molecule has 1 heterocycles. The number of hydrogen-bond acceptors (Lipinski definition) is 3. The fourth-order valence-electron chi connectivity index (χ4n) is 3.35. The van der Waals surface area contributed by atoms with Gasteiger partial charge in [-0.3, -0.25) is 9.59 Å². The zero-order chi connectivity index (χ0) is 22.0. The van der Waals surface area contributed by atoms with Gasteiger partial charge in [0.05, 0.1) is 11.0 Å². The van der Waals surface area contributed by atoms with Gasteiger partial charge in [-0.2, -0.15) is 0 Å². The van der Waals surface area contributed by atoms with E-state index < -0.39 is 0 Å². The molecule has 0 fully saturated rings. The molecule has 4 rings (SSSR count). The Kier molecular flexibility index (Phi) is 5.87. The normalized spacial score (nSPS) is 10.9. The van der Waals surface area contributed by atoms with E-state index in [1.165, 1.54) is 11.1 Å². The van der Waals surface area contributed by atoms with Crippen LogP contribution in [0.5, 0.6) is 0 Å². The molecule has 1 amide bonds. The Bertz CT molecular complexity index is 1220. The van der Waals surface area contributed by atoms with Crippen LogP contribution >= 0.6 is 11.6 Å². The van der Waals surface area contributed by atoms with E-state index in [4.69, 9.17) is 11.6 Å². The van der Waals surface area contributed by atoms with Crippen LogP contribution in [0.25, 0.3) is 22.4 Å². The Balaban J connectivity index is 1.37. The molecule has 4 aromatic rings. The van der Waals surface area contributed by atoms with Gasteiger partial charge in [-0.15, -0.1) is 0 Å². The van der Waals surface area contributed by atoms with Crippen molar-refractivity contribution >= 4 is 40.0 Å². The smallest absolute Gasteiger partial charge is 0.224 e. The number of aromatic amines is 1. The lowest BCUT2D eigenvalue weighted by atomic mass is 10.1. The number of amides is 1. The number of nitrogens with zero attached hydrogens (tertiary/aromatic N) is 1. The number of benzene rings is 3. The summed E-state index contributed by atoms with van der Waals surface area (Å²) in [7, 11) is 0. The molecule has 5 nitrogen and oxygen atoms in total. The Labute approximate surface area is 185 Å². The molecule has 0 saturated carbocycles. The molecule has 0 aliphatic carbocycles. The largest absolute Gasteiger partial charge is 0.338 e. The molecule has 0 spiro atoms. The van der Waals surface area contributed by atoms with Gasteiger partial charge in [0.25, 0.3) is 0 Å². The van der Waals surface area contributed by atoms with Gasteiger partial charge in [0.2, 0.25) is 5.91 Å². The second-order valence-electron chi connectivity index (χ2n) is 7.59. The third kappa shape index (κ3) is 4.84. The molecule has 0 unspecified atom stereocenters. The Morgan fingerprint density at radius 3 is 2.32 bits per heavy atom. The van der Waals surface area contributed by atoms with Crippen LogP contribution in [0.3, 0.4) is 0 Å². The highest BCUT2D eigenvalue weighted by Crippen LogP contribution is 2.24. The number of aryl methyl sites for hydroxylation is 2. The van der Waals surface area contributed by atoms with Crippen molar-refractivity contribution in [3.05, 3.63) is 82.4 Å². The average molecular weight is 432 g/mol. The minimum absolute atomic E-state index is 0.0856. The third-order valence-electron chi connectivity index (χ3n) is 5.28. The first-order valence-corrected chi connectivity index (χ1v) is 10.4. The molecular weight excluding hydrogens is 410 g/mol. The van der Waals surface area contributed by atoms with E-state index in [0.717, 1.165) is 22.4 Å². The number of Topliss-reactive ketones (excluding diaryl/α,β-unsaturated/α-hetero) is 1. The molecule has 0 radical (unpaired) electrons. The highest BCUT2D eigenvalue weighted by Gasteiger charge is 2.11. The Hall–Kier alpha value is -3.44.